The van der Waals surface area contributed by atoms with E-state index in [0.717, 1.165) is 24.9 Å². The van der Waals surface area contributed by atoms with Crippen molar-refractivity contribution < 1.29 is 0 Å². The number of nitrogens with one attached hydrogen (secondary N) is 1. The molecule has 1 aromatic rings. The molecule has 1 heteroatoms. The third kappa shape index (κ3) is 2.40. The van der Waals surface area contributed by atoms with Crippen LogP contribution in [0.15, 0.2) is 18.2 Å². The average molecular weight is 203 g/mol. The molecular weight excluding hydrogens is 182 g/mol. The molecule has 0 bridgehead atoms. The van der Waals surface area contributed by atoms with Gasteiger partial charge in [0.1, 0.15) is 0 Å². The molecule has 0 saturated carbocycles. The zero-order valence-electron chi connectivity index (χ0n) is 10.0. The normalized spacial score (nSPS) is 16.8. The first kappa shape index (κ1) is 10.7. The summed E-state index contributed by atoms with van der Waals surface area (Å²) in [5.41, 5.74) is 4.49. The molecule has 1 fully saturated rings. The van der Waals surface area contributed by atoms with Gasteiger partial charge in [-0.05, 0) is 36.0 Å². The molecule has 2 rings (SSSR count). The van der Waals surface area contributed by atoms with Crippen LogP contribution in [-0.4, -0.2) is 13.1 Å². The van der Waals surface area contributed by atoms with Crippen LogP contribution in [0.2, 0.25) is 0 Å². The molecule has 15 heavy (non-hydrogen) atoms. The van der Waals surface area contributed by atoms with Crippen LogP contribution < -0.4 is 5.32 Å². The van der Waals surface area contributed by atoms with Crippen molar-refractivity contribution >= 4 is 0 Å². The summed E-state index contributed by atoms with van der Waals surface area (Å²) >= 11 is 0. The van der Waals surface area contributed by atoms with Gasteiger partial charge in [0.2, 0.25) is 0 Å². The van der Waals surface area contributed by atoms with Crippen LogP contribution in [0, 0.1) is 12.8 Å². The van der Waals surface area contributed by atoms with Gasteiger partial charge in [-0.3, -0.25) is 0 Å². The molecule has 1 heterocycles. The van der Waals surface area contributed by atoms with E-state index in [1.807, 2.05) is 0 Å². The largest absolute Gasteiger partial charge is 0.315 e. The van der Waals surface area contributed by atoms with E-state index in [0.29, 0.717) is 0 Å². The van der Waals surface area contributed by atoms with E-state index in [1.54, 1.807) is 0 Å². The number of aryl methyl sites for hydroxylation is 1. The Morgan fingerprint density at radius 1 is 1.33 bits per heavy atom. The highest BCUT2D eigenvalue weighted by Gasteiger charge is 2.19. The molecule has 0 aliphatic carbocycles. The Morgan fingerprint density at radius 2 is 2.07 bits per heavy atom. The van der Waals surface area contributed by atoms with Crippen molar-refractivity contribution in [1.29, 1.82) is 0 Å². The quantitative estimate of drug-likeness (QED) is 0.796. The fourth-order valence-electron chi connectivity index (χ4n) is 2.17. The molecule has 1 aromatic carbocycles. The third-order valence-corrected chi connectivity index (χ3v) is 3.25. The second kappa shape index (κ2) is 4.36. The summed E-state index contributed by atoms with van der Waals surface area (Å²) in [6.45, 7) is 9.12. The van der Waals surface area contributed by atoms with Crippen LogP contribution in [0.5, 0.6) is 0 Å². The molecule has 0 unspecified atom stereocenters. The summed E-state index contributed by atoms with van der Waals surface area (Å²) in [4.78, 5) is 0. The summed E-state index contributed by atoms with van der Waals surface area (Å²) in [5, 5.41) is 3.33. The maximum absolute atomic E-state index is 3.33. The van der Waals surface area contributed by atoms with Crippen LogP contribution in [-0.2, 0) is 6.42 Å². The van der Waals surface area contributed by atoms with Gasteiger partial charge in [-0.25, -0.2) is 0 Å². The van der Waals surface area contributed by atoms with E-state index < -0.39 is 0 Å². The van der Waals surface area contributed by atoms with Gasteiger partial charge in [0.05, 0.1) is 0 Å². The monoisotopic (exact) mass is 203 g/mol. The van der Waals surface area contributed by atoms with Gasteiger partial charge >= 0.3 is 0 Å². The Bertz CT molecular complexity index is 337. The molecule has 82 valence electrons. The van der Waals surface area contributed by atoms with E-state index in [4.69, 9.17) is 0 Å². The van der Waals surface area contributed by atoms with Crippen molar-refractivity contribution in [2.75, 3.05) is 13.1 Å². The van der Waals surface area contributed by atoms with Crippen molar-refractivity contribution in [3.63, 3.8) is 0 Å². The Labute approximate surface area is 92.9 Å². The molecule has 0 amide bonds. The standard InChI is InChI=1S/C14H21N/c1-10(2)6-12-4-5-13(7-11(12)3)14-8-15-9-14/h4-5,7,10,14-15H,6,8-9H2,1-3H3. The maximum atomic E-state index is 3.33. The van der Waals surface area contributed by atoms with Crippen LogP contribution in [0.3, 0.4) is 0 Å². The Morgan fingerprint density at radius 3 is 2.53 bits per heavy atom. The molecule has 1 nitrogen and oxygen atoms in total. The third-order valence-electron chi connectivity index (χ3n) is 3.25. The second-order valence-electron chi connectivity index (χ2n) is 5.14. The number of rotatable bonds is 3. The summed E-state index contributed by atoms with van der Waals surface area (Å²) in [6, 6.07) is 7.02. The molecular formula is C14H21N. The van der Waals surface area contributed by atoms with Crippen molar-refractivity contribution in [3.8, 4) is 0 Å². The molecule has 0 aromatic heterocycles. The molecule has 1 aliphatic heterocycles. The topological polar surface area (TPSA) is 12.0 Å². The van der Waals surface area contributed by atoms with E-state index in [9.17, 15) is 0 Å². The zero-order valence-corrected chi connectivity index (χ0v) is 10.0. The molecule has 1 aliphatic rings. The van der Waals surface area contributed by atoms with E-state index in [-0.39, 0.29) is 0 Å². The highest BCUT2D eigenvalue weighted by molar-refractivity contribution is 5.34. The van der Waals surface area contributed by atoms with Crippen LogP contribution in [0.4, 0.5) is 0 Å². The van der Waals surface area contributed by atoms with Crippen molar-refractivity contribution in [2.24, 2.45) is 5.92 Å². The predicted octanol–water partition coefficient (Wildman–Crippen LogP) is 2.88. The van der Waals surface area contributed by atoms with Crippen molar-refractivity contribution in [1.82, 2.24) is 5.32 Å². The van der Waals surface area contributed by atoms with E-state index in [1.165, 1.54) is 23.1 Å². The second-order valence-corrected chi connectivity index (χ2v) is 5.14. The van der Waals surface area contributed by atoms with Crippen LogP contribution in [0.1, 0.15) is 36.5 Å². The van der Waals surface area contributed by atoms with Gasteiger partial charge in [-0.2, -0.15) is 0 Å². The fraction of sp³-hybridized carbons (Fsp3) is 0.571. The first-order valence-corrected chi connectivity index (χ1v) is 5.97. The number of hydrogen-bond donors (Lipinski definition) is 1. The molecule has 1 saturated heterocycles. The van der Waals surface area contributed by atoms with Crippen LogP contribution in [0.25, 0.3) is 0 Å². The van der Waals surface area contributed by atoms with Crippen LogP contribution >= 0.6 is 0 Å². The predicted molar refractivity (Wildman–Crippen MR) is 65.3 cm³/mol. The van der Waals surface area contributed by atoms with Gasteiger partial charge in [-0.1, -0.05) is 32.0 Å². The smallest absolute Gasteiger partial charge is 0.00886 e. The average Bonchev–Trinajstić information content (AvgIpc) is 2.06. The number of benzene rings is 1. The van der Waals surface area contributed by atoms with E-state index >= 15 is 0 Å². The van der Waals surface area contributed by atoms with Gasteiger partial charge < -0.3 is 5.32 Å². The molecule has 1 N–H and O–H groups in total. The van der Waals surface area contributed by atoms with Gasteiger partial charge in [0.15, 0.2) is 0 Å². The van der Waals surface area contributed by atoms with Gasteiger partial charge in [-0.15, -0.1) is 0 Å². The lowest BCUT2D eigenvalue weighted by Crippen LogP contribution is -2.39. The lowest BCUT2D eigenvalue weighted by atomic mass is 9.89. The van der Waals surface area contributed by atoms with Crippen molar-refractivity contribution in [2.45, 2.75) is 33.1 Å². The zero-order chi connectivity index (χ0) is 10.8. The molecule has 0 radical (unpaired) electrons. The molecule has 0 atom stereocenters. The fourth-order valence-corrected chi connectivity index (χ4v) is 2.17. The highest BCUT2D eigenvalue weighted by Crippen LogP contribution is 2.23. The maximum Gasteiger partial charge on any atom is 0.00886 e. The minimum atomic E-state index is 0.750. The lowest BCUT2D eigenvalue weighted by Gasteiger charge is -2.28. The first-order chi connectivity index (χ1) is 7.16. The summed E-state index contributed by atoms with van der Waals surface area (Å²) in [5.74, 6) is 1.51. The van der Waals surface area contributed by atoms with Gasteiger partial charge in [0.25, 0.3) is 0 Å². The Kier molecular flexibility index (Phi) is 3.11. The summed E-state index contributed by atoms with van der Waals surface area (Å²) in [7, 11) is 0. The first-order valence-electron chi connectivity index (χ1n) is 5.97. The minimum absolute atomic E-state index is 0.750. The van der Waals surface area contributed by atoms with E-state index in [2.05, 4.69) is 44.3 Å². The van der Waals surface area contributed by atoms with Gasteiger partial charge in [0, 0.05) is 19.0 Å². The summed E-state index contributed by atoms with van der Waals surface area (Å²) < 4.78 is 0. The van der Waals surface area contributed by atoms with Crippen molar-refractivity contribution in [3.05, 3.63) is 34.9 Å². The SMILES string of the molecule is Cc1cc(C2CNC2)ccc1CC(C)C. The Hall–Kier alpha value is -0.820. The minimum Gasteiger partial charge on any atom is -0.315 e. The Balaban J connectivity index is 2.14. The number of hydrogen-bond acceptors (Lipinski definition) is 1. The summed E-state index contributed by atoms with van der Waals surface area (Å²) in [6.07, 6.45) is 1.20. The molecule has 0 spiro atoms. The highest BCUT2D eigenvalue weighted by atomic mass is 14.9. The lowest BCUT2D eigenvalue weighted by molar-refractivity contribution is 0.448.